The second-order valence-electron chi connectivity index (χ2n) is 5.90. The number of carbonyl (C=O) groups excluding carboxylic acids is 1. The first-order valence-electron chi connectivity index (χ1n) is 7.72. The number of ether oxygens (including phenoxy) is 1. The molecule has 0 aromatic carbocycles. The van der Waals surface area contributed by atoms with Gasteiger partial charge in [0.1, 0.15) is 11.8 Å². The Kier molecular flexibility index (Phi) is 4.26. The van der Waals surface area contributed by atoms with Gasteiger partial charge in [0.25, 0.3) is 0 Å². The number of nitrogens with zero attached hydrogens (tertiary/aromatic N) is 3. The first-order chi connectivity index (χ1) is 10.2. The van der Waals surface area contributed by atoms with Crippen molar-refractivity contribution in [2.24, 2.45) is 0 Å². The van der Waals surface area contributed by atoms with Crippen molar-refractivity contribution in [3.63, 3.8) is 0 Å². The van der Waals surface area contributed by atoms with E-state index < -0.39 is 0 Å². The van der Waals surface area contributed by atoms with Gasteiger partial charge in [-0.1, -0.05) is 6.92 Å². The zero-order chi connectivity index (χ0) is 14.8. The van der Waals surface area contributed by atoms with Crippen molar-refractivity contribution >= 4 is 5.97 Å². The molecule has 3 rings (SSSR count). The number of aromatic nitrogens is 1. The van der Waals surface area contributed by atoms with Crippen molar-refractivity contribution in [1.29, 1.82) is 0 Å². The highest BCUT2D eigenvalue weighted by Gasteiger charge is 2.37. The molecule has 0 spiro atoms. The number of rotatable bonds is 5. The second kappa shape index (κ2) is 6.15. The van der Waals surface area contributed by atoms with E-state index in [-0.39, 0.29) is 12.0 Å². The van der Waals surface area contributed by atoms with Crippen LogP contribution in [0.2, 0.25) is 0 Å². The Morgan fingerprint density at radius 2 is 2.33 bits per heavy atom. The summed E-state index contributed by atoms with van der Waals surface area (Å²) in [6.07, 6.45) is 4.58. The Hall–Kier alpha value is -1.40. The molecule has 0 unspecified atom stereocenters. The lowest BCUT2D eigenvalue weighted by Gasteiger charge is -2.24. The van der Waals surface area contributed by atoms with Gasteiger partial charge in [0.05, 0.1) is 19.3 Å². The number of aryl methyl sites for hydroxylation is 1. The summed E-state index contributed by atoms with van der Waals surface area (Å²) in [5, 5.41) is 0. The van der Waals surface area contributed by atoms with Crippen LogP contribution in [0.1, 0.15) is 31.4 Å². The SMILES string of the molecule is CCc1cnc(CN(C)[C@H]2CCN([C@H]3CCOC3=O)C2)o1. The quantitative estimate of drug-likeness (QED) is 0.757. The lowest BCUT2D eigenvalue weighted by Crippen LogP contribution is -2.40. The Labute approximate surface area is 125 Å². The summed E-state index contributed by atoms with van der Waals surface area (Å²) in [5.41, 5.74) is 0. The van der Waals surface area contributed by atoms with Crippen LogP contribution < -0.4 is 0 Å². The number of likely N-dealkylation sites (N-methyl/N-ethyl adjacent to an activating group) is 1. The standard InChI is InChI=1S/C15H23N3O3/c1-3-12-8-16-14(21-12)10-17(2)11-4-6-18(9-11)13-5-7-20-15(13)19/h8,11,13H,3-7,9-10H2,1-2H3/t11-,13-/m0/s1. The highest BCUT2D eigenvalue weighted by molar-refractivity contribution is 5.77. The van der Waals surface area contributed by atoms with Crippen LogP contribution in [0.25, 0.3) is 0 Å². The van der Waals surface area contributed by atoms with Gasteiger partial charge >= 0.3 is 5.97 Å². The third-order valence-electron chi connectivity index (χ3n) is 4.50. The van der Waals surface area contributed by atoms with Crippen LogP contribution in [0.4, 0.5) is 0 Å². The lowest BCUT2D eigenvalue weighted by molar-refractivity contribution is -0.142. The van der Waals surface area contributed by atoms with E-state index in [0.717, 1.165) is 44.0 Å². The zero-order valence-electron chi connectivity index (χ0n) is 12.7. The van der Waals surface area contributed by atoms with Crippen molar-refractivity contribution in [2.45, 2.75) is 44.8 Å². The molecule has 2 fully saturated rings. The average Bonchev–Trinajstić information content (AvgIpc) is 3.17. The molecule has 0 radical (unpaired) electrons. The molecule has 21 heavy (non-hydrogen) atoms. The number of oxazole rings is 1. The van der Waals surface area contributed by atoms with Crippen LogP contribution in [-0.4, -0.2) is 59.6 Å². The molecule has 1 aromatic rings. The first kappa shape index (κ1) is 14.5. The predicted octanol–water partition coefficient (Wildman–Crippen LogP) is 1.06. The molecule has 0 bridgehead atoms. The molecule has 6 heteroatoms. The minimum absolute atomic E-state index is 0.0307. The highest BCUT2D eigenvalue weighted by Crippen LogP contribution is 2.23. The maximum Gasteiger partial charge on any atom is 0.323 e. The van der Waals surface area contributed by atoms with E-state index in [1.165, 1.54) is 0 Å². The lowest BCUT2D eigenvalue weighted by atomic mass is 10.2. The van der Waals surface area contributed by atoms with Gasteiger partial charge in [-0.2, -0.15) is 0 Å². The molecule has 1 aromatic heterocycles. The van der Waals surface area contributed by atoms with Crippen LogP contribution in [-0.2, 0) is 22.5 Å². The van der Waals surface area contributed by atoms with Crippen LogP contribution in [0.3, 0.4) is 0 Å². The van der Waals surface area contributed by atoms with Crippen molar-refractivity contribution in [1.82, 2.24) is 14.8 Å². The summed E-state index contributed by atoms with van der Waals surface area (Å²) in [6, 6.07) is 0.409. The molecule has 0 amide bonds. The molecular weight excluding hydrogens is 270 g/mol. The molecule has 2 saturated heterocycles. The molecular formula is C15H23N3O3. The monoisotopic (exact) mass is 293 g/mol. The number of cyclic esters (lactones) is 1. The van der Waals surface area contributed by atoms with Gasteiger partial charge in [0.15, 0.2) is 0 Å². The fraction of sp³-hybridized carbons (Fsp3) is 0.733. The molecule has 2 aliphatic rings. The summed E-state index contributed by atoms with van der Waals surface area (Å²) >= 11 is 0. The third kappa shape index (κ3) is 3.11. The smallest absolute Gasteiger partial charge is 0.323 e. The van der Waals surface area contributed by atoms with E-state index in [4.69, 9.17) is 9.15 Å². The predicted molar refractivity (Wildman–Crippen MR) is 76.7 cm³/mol. The summed E-state index contributed by atoms with van der Waals surface area (Å²) in [7, 11) is 2.09. The van der Waals surface area contributed by atoms with E-state index in [0.29, 0.717) is 19.2 Å². The maximum absolute atomic E-state index is 11.7. The third-order valence-corrected chi connectivity index (χ3v) is 4.50. The fourth-order valence-corrected chi connectivity index (χ4v) is 3.15. The van der Waals surface area contributed by atoms with Crippen LogP contribution in [0, 0.1) is 0 Å². The van der Waals surface area contributed by atoms with E-state index in [1.54, 1.807) is 6.20 Å². The molecule has 2 aliphatic heterocycles. The average molecular weight is 293 g/mol. The number of carbonyl (C=O) groups is 1. The number of likely N-dealkylation sites (tertiary alicyclic amines) is 1. The largest absolute Gasteiger partial charge is 0.464 e. The topological polar surface area (TPSA) is 58.8 Å². The summed E-state index contributed by atoms with van der Waals surface area (Å²) < 4.78 is 10.7. The summed E-state index contributed by atoms with van der Waals surface area (Å²) in [6.45, 7) is 5.21. The van der Waals surface area contributed by atoms with Gasteiger partial charge in [-0.3, -0.25) is 14.6 Å². The van der Waals surface area contributed by atoms with Gasteiger partial charge < -0.3 is 9.15 Å². The Bertz CT molecular complexity index is 502. The molecule has 0 N–H and O–H groups in total. The van der Waals surface area contributed by atoms with Crippen LogP contribution >= 0.6 is 0 Å². The van der Waals surface area contributed by atoms with Gasteiger partial charge in [-0.25, -0.2) is 4.98 Å². The zero-order valence-corrected chi connectivity index (χ0v) is 12.7. The van der Waals surface area contributed by atoms with Gasteiger partial charge in [0.2, 0.25) is 5.89 Å². The van der Waals surface area contributed by atoms with Crippen molar-refractivity contribution in [2.75, 3.05) is 26.7 Å². The second-order valence-corrected chi connectivity index (χ2v) is 5.90. The first-order valence-corrected chi connectivity index (χ1v) is 7.72. The van der Waals surface area contributed by atoms with E-state index in [1.807, 2.05) is 0 Å². The van der Waals surface area contributed by atoms with E-state index in [9.17, 15) is 4.79 Å². The molecule has 3 heterocycles. The van der Waals surface area contributed by atoms with E-state index >= 15 is 0 Å². The highest BCUT2D eigenvalue weighted by atomic mass is 16.5. The van der Waals surface area contributed by atoms with Crippen molar-refractivity contribution in [3.8, 4) is 0 Å². The molecule has 6 nitrogen and oxygen atoms in total. The van der Waals surface area contributed by atoms with Gasteiger partial charge in [-0.05, 0) is 13.5 Å². The van der Waals surface area contributed by atoms with E-state index in [2.05, 4.69) is 28.8 Å². The van der Waals surface area contributed by atoms with Crippen molar-refractivity contribution < 1.29 is 13.9 Å². The number of hydrogen-bond donors (Lipinski definition) is 0. The minimum Gasteiger partial charge on any atom is -0.464 e. The Balaban J connectivity index is 1.54. The summed E-state index contributed by atoms with van der Waals surface area (Å²) in [4.78, 5) is 20.5. The molecule has 116 valence electrons. The van der Waals surface area contributed by atoms with Crippen LogP contribution in [0.5, 0.6) is 0 Å². The van der Waals surface area contributed by atoms with Gasteiger partial charge in [0, 0.05) is 32.0 Å². The normalized spacial score (nSPS) is 26.7. The van der Waals surface area contributed by atoms with Crippen molar-refractivity contribution in [3.05, 3.63) is 17.8 Å². The summed E-state index contributed by atoms with van der Waals surface area (Å²) in [5.74, 6) is 1.65. The minimum atomic E-state index is -0.0569. The van der Waals surface area contributed by atoms with Crippen LogP contribution in [0.15, 0.2) is 10.6 Å². The molecule has 0 saturated carbocycles. The number of esters is 1. The fourth-order valence-electron chi connectivity index (χ4n) is 3.15. The maximum atomic E-state index is 11.7. The Morgan fingerprint density at radius 3 is 3.00 bits per heavy atom. The Morgan fingerprint density at radius 1 is 1.48 bits per heavy atom. The van der Waals surface area contributed by atoms with Gasteiger partial charge in [-0.15, -0.1) is 0 Å². The molecule has 2 atom stereocenters. The number of hydrogen-bond acceptors (Lipinski definition) is 6. The molecule has 0 aliphatic carbocycles.